The fourth-order valence-electron chi connectivity index (χ4n) is 1.22. The fourth-order valence-corrected chi connectivity index (χ4v) is 1.22. The van der Waals surface area contributed by atoms with Crippen LogP contribution in [0.25, 0.3) is 0 Å². The summed E-state index contributed by atoms with van der Waals surface area (Å²) in [6, 6.07) is 0. The molecule has 1 amide bonds. The Balaban J connectivity index is 1.62. The van der Waals surface area contributed by atoms with E-state index in [-0.39, 0.29) is 5.91 Å². The number of hydrogen-bond donors (Lipinski definition) is 3. The van der Waals surface area contributed by atoms with E-state index in [9.17, 15) is 4.79 Å². The first-order valence-electron chi connectivity index (χ1n) is 4.84. The van der Waals surface area contributed by atoms with E-state index in [2.05, 4.69) is 20.6 Å². The SMILES string of the molecule is O=C(CNCC1CC1)Nc1ncc[nH]1. The molecule has 0 aromatic carbocycles. The van der Waals surface area contributed by atoms with Crippen molar-refractivity contribution < 1.29 is 4.79 Å². The molecule has 3 N–H and O–H groups in total. The highest BCUT2D eigenvalue weighted by Gasteiger charge is 2.20. The molecule has 0 aliphatic heterocycles. The van der Waals surface area contributed by atoms with Gasteiger partial charge < -0.3 is 10.3 Å². The van der Waals surface area contributed by atoms with Crippen LogP contribution in [-0.2, 0) is 4.79 Å². The number of aromatic amines is 1. The molecule has 76 valence electrons. The second kappa shape index (κ2) is 4.23. The highest BCUT2D eigenvalue weighted by Crippen LogP contribution is 2.27. The second-order valence-electron chi connectivity index (χ2n) is 3.56. The van der Waals surface area contributed by atoms with Crippen molar-refractivity contribution in [2.75, 3.05) is 18.4 Å². The number of nitrogens with one attached hydrogen (secondary N) is 3. The van der Waals surface area contributed by atoms with Crippen molar-refractivity contribution in [3.05, 3.63) is 12.4 Å². The number of carbonyl (C=O) groups is 1. The number of H-pyrrole nitrogens is 1. The monoisotopic (exact) mass is 194 g/mol. The summed E-state index contributed by atoms with van der Waals surface area (Å²) < 4.78 is 0. The summed E-state index contributed by atoms with van der Waals surface area (Å²) >= 11 is 0. The lowest BCUT2D eigenvalue weighted by Crippen LogP contribution is -2.29. The molecule has 5 nitrogen and oxygen atoms in total. The molecule has 1 fully saturated rings. The van der Waals surface area contributed by atoms with E-state index >= 15 is 0 Å². The van der Waals surface area contributed by atoms with Gasteiger partial charge in [-0.2, -0.15) is 0 Å². The van der Waals surface area contributed by atoms with Gasteiger partial charge in [0.25, 0.3) is 0 Å². The van der Waals surface area contributed by atoms with E-state index in [1.807, 2.05) is 0 Å². The molecule has 1 aromatic heterocycles. The molecule has 0 unspecified atom stereocenters. The lowest BCUT2D eigenvalue weighted by atomic mass is 10.4. The Bertz CT molecular complexity index is 292. The lowest BCUT2D eigenvalue weighted by Gasteiger charge is -2.03. The quantitative estimate of drug-likeness (QED) is 0.633. The van der Waals surface area contributed by atoms with Crippen molar-refractivity contribution in [3.63, 3.8) is 0 Å². The number of amides is 1. The van der Waals surface area contributed by atoms with Crippen LogP contribution in [0.5, 0.6) is 0 Å². The molecule has 0 atom stereocenters. The number of nitrogens with zero attached hydrogens (tertiary/aromatic N) is 1. The number of aromatic nitrogens is 2. The van der Waals surface area contributed by atoms with Crippen LogP contribution < -0.4 is 10.6 Å². The Morgan fingerprint density at radius 3 is 3.14 bits per heavy atom. The largest absolute Gasteiger partial charge is 0.331 e. The Kier molecular flexibility index (Phi) is 2.78. The van der Waals surface area contributed by atoms with Crippen LogP contribution in [0.1, 0.15) is 12.8 Å². The van der Waals surface area contributed by atoms with Gasteiger partial charge in [0.05, 0.1) is 6.54 Å². The number of hydrogen-bond acceptors (Lipinski definition) is 3. The summed E-state index contributed by atoms with van der Waals surface area (Å²) in [5, 5.41) is 5.75. The highest BCUT2D eigenvalue weighted by molar-refractivity contribution is 5.90. The number of imidazole rings is 1. The van der Waals surface area contributed by atoms with E-state index in [0.29, 0.717) is 12.5 Å². The number of rotatable bonds is 5. The van der Waals surface area contributed by atoms with Gasteiger partial charge in [-0.1, -0.05) is 0 Å². The van der Waals surface area contributed by atoms with Crippen LogP contribution in [-0.4, -0.2) is 29.0 Å². The molecule has 14 heavy (non-hydrogen) atoms. The van der Waals surface area contributed by atoms with Crippen molar-refractivity contribution in [2.24, 2.45) is 5.92 Å². The van der Waals surface area contributed by atoms with Gasteiger partial charge in [-0.3, -0.25) is 10.1 Å². The van der Waals surface area contributed by atoms with Crippen molar-refractivity contribution in [1.29, 1.82) is 0 Å². The summed E-state index contributed by atoms with van der Waals surface area (Å²) in [5.74, 6) is 1.25. The maximum Gasteiger partial charge on any atom is 0.240 e. The van der Waals surface area contributed by atoms with Gasteiger partial charge in [-0.05, 0) is 25.3 Å². The van der Waals surface area contributed by atoms with Crippen molar-refractivity contribution in [1.82, 2.24) is 15.3 Å². The molecule has 5 heteroatoms. The summed E-state index contributed by atoms with van der Waals surface area (Å²) in [7, 11) is 0. The first kappa shape index (κ1) is 9.21. The Morgan fingerprint density at radius 1 is 1.64 bits per heavy atom. The molecule has 1 aliphatic carbocycles. The first-order chi connectivity index (χ1) is 6.84. The summed E-state index contributed by atoms with van der Waals surface area (Å²) in [5.41, 5.74) is 0. The van der Waals surface area contributed by atoms with Crippen LogP contribution >= 0.6 is 0 Å². The van der Waals surface area contributed by atoms with Gasteiger partial charge in [0.2, 0.25) is 11.9 Å². The van der Waals surface area contributed by atoms with Gasteiger partial charge in [-0.15, -0.1) is 0 Å². The first-order valence-corrected chi connectivity index (χ1v) is 4.84. The predicted molar refractivity (Wildman–Crippen MR) is 52.8 cm³/mol. The third-order valence-electron chi connectivity index (χ3n) is 2.17. The maximum absolute atomic E-state index is 11.3. The van der Waals surface area contributed by atoms with Crippen molar-refractivity contribution >= 4 is 11.9 Å². The zero-order chi connectivity index (χ0) is 9.80. The van der Waals surface area contributed by atoms with Gasteiger partial charge in [0.15, 0.2) is 0 Å². The average molecular weight is 194 g/mol. The summed E-state index contributed by atoms with van der Waals surface area (Å²) in [6.45, 7) is 1.31. The molecular weight excluding hydrogens is 180 g/mol. The molecule has 1 saturated carbocycles. The standard InChI is InChI=1S/C9H14N4O/c14-8(6-10-5-7-1-2-7)13-9-11-3-4-12-9/h3-4,7,10H,1-2,5-6H2,(H2,11,12,13,14). The molecule has 1 aromatic rings. The van der Waals surface area contributed by atoms with Crippen LogP contribution in [0.3, 0.4) is 0 Å². The van der Waals surface area contributed by atoms with Crippen LogP contribution in [0.2, 0.25) is 0 Å². The molecule has 0 spiro atoms. The minimum absolute atomic E-state index is 0.0550. The van der Waals surface area contributed by atoms with Gasteiger partial charge in [0, 0.05) is 12.4 Å². The fraction of sp³-hybridized carbons (Fsp3) is 0.556. The molecular formula is C9H14N4O. The Hall–Kier alpha value is -1.36. The second-order valence-corrected chi connectivity index (χ2v) is 3.56. The van der Waals surface area contributed by atoms with E-state index in [4.69, 9.17) is 0 Å². The van der Waals surface area contributed by atoms with Gasteiger partial charge in [-0.25, -0.2) is 4.98 Å². The summed E-state index contributed by atoms with van der Waals surface area (Å²) in [4.78, 5) is 18.0. The van der Waals surface area contributed by atoms with E-state index in [1.54, 1.807) is 12.4 Å². The van der Waals surface area contributed by atoms with Crippen LogP contribution in [0.4, 0.5) is 5.95 Å². The van der Waals surface area contributed by atoms with Crippen molar-refractivity contribution in [2.45, 2.75) is 12.8 Å². The van der Waals surface area contributed by atoms with Crippen molar-refractivity contribution in [3.8, 4) is 0 Å². The minimum atomic E-state index is -0.0550. The topological polar surface area (TPSA) is 69.8 Å². The molecule has 1 heterocycles. The molecule has 0 saturated heterocycles. The molecule has 0 bridgehead atoms. The zero-order valence-corrected chi connectivity index (χ0v) is 7.92. The predicted octanol–water partition coefficient (Wildman–Crippen LogP) is 0.348. The number of anilines is 1. The zero-order valence-electron chi connectivity index (χ0n) is 7.92. The van der Waals surface area contributed by atoms with E-state index < -0.39 is 0 Å². The summed E-state index contributed by atoms with van der Waals surface area (Å²) in [6.07, 6.45) is 5.88. The van der Waals surface area contributed by atoms with Gasteiger partial charge in [0.1, 0.15) is 0 Å². The van der Waals surface area contributed by atoms with Crippen LogP contribution in [0, 0.1) is 5.92 Å². The van der Waals surface area contributed by atoms with Gasteiger partial charge >= 0.3 is 0 Å². The average Bonchev–Trinajstić information content (AvgIpc) is 2.83. The third-order valence-corrected chi connectivity index (χ3v) is 2.17. The number of carbonyl (C=O) groups excluding carboxylic acids is 1. The van der Waals surface area contributed by atoms with E-state index in [0.717, 1.165) is 12.5 Å². The lowest BCUT2D eigenvalue weighted by molar-refractivity contribution is -0.115. The Labute approximate surface area is 82.3 Å². The maximum atomic E-state index is 11.3. The molecule has 2 rings (SSSR count). The normalized spacial score (nSPS) is 15.4. The highest BCUT2D eigenvalue weighted by atomic mass is 16.2. The van der Waals surface area contributed by atoms with Crippen LogP contribution in [0.15, 0.2) is 12.4 Å². The molecule has 0 radical (unpaired) electrons. The minimum Gasteiger partial charge on any atom is -0.331 e. The van der Waals surface area contributed by atoms with E-state index in [1.165, 1.54) is 12.8 Å². The molecule has 1 aliphatic rings. The Morgan fingerprint density at radius 2 is 2.50 bits per heavy atom. The smallest absolute Gasteiger partial charge is 0.240 e. The third kappa shape index (κ3) is 2.85.